The van der Waals surface area contributed by atoms with E-state index in [4.69, 9.17) is 5.10 Å². The number of pyridine rings is 1. The number of anilines is 1. The highest BCUT2D eigenvalue weighted by atomic mass is 15.4. The minimum atomic E-state index is 0.216. The summed E-state index contributed by atoms with van der Waals surface area (Å²) < 4.78 is 2.14. The monoisotopic (exact) mass is 244 g/mol. The van der Waals surface area contributed by atoms with Crippen LogP contribution in [0.4, 0.5) is 5.82 Å². The summed E-state index contributed by atoms with van der Waals surface area (Å²) >= 11 is 0. The molecule has 2 aromatic rings. The molecule has 0 aliphatic carbocycles. The Morgan fingerprint density at radius 1 is 1.33 bits per heavy atom. The van der Waals surface area contributed by atoms with Gasteiger partial charge in [-0.3, -0.25) is 0 Å². The maximum Gasteiger partial charge on any atom is 0.183 e. The van der Waals surface area contributed by atoms with Crippen LogP contribution in [0.2, 0.25) is 0 Å². The molecule has 4 nitrogen and oxygen atoms in total. The molecule has 3 rings (SSSR count). The normalized spacial score (nSPS) is 19.7. The Balaban J connectivity index is 2.21. The number of hydrogen-bond donors (Lipinski definition) is 1. The molecule has 1 atom stereocenters. The zero-order valence-corrected chi connectivity index (χ0v) is 11.5. The number of aryl methyl sites for hydroxylation is 1. The van der Waals surface area contributed by atoms with Crippen LogP contribution >= 0.6 is 0 Å². The van der Waals surface area contributed by atoms with Gasteiger partial charge in [-0.1, -0.05) is 20.8 Å². The van der Waals surface area contributed by atoms with E-state index in [0.717, 1.165) is 35.5 Å². The smallest absolute Gasteiger partial charge is 0.183 e. The fourth-order valence-electron chi connectivity index (χ4n) is 2.73. The van der Waals surface area contributed by atoms with E-state index in [0.29, 0.717) is 6.04 Å². The number of fused-ring (bicyclic) bond motifs is 3. The zero-order valence-electron chi connectivity index (χ0n) is 11.5. The van der Waals surface area contributed by atoms with E-state index in [9.17, 15) is 0 Å². The molecule has 1 unspecified atom stereocenters. The second-order valence-corrected chi connectivity index (χ2v) is 6.21. The lowest BCUT2D eigenvalue weighted by Gasteiger charge is -2.35. The maximum absolute atomic E-state index is 4.71. The molecule has 4 heteroatoms. The van der Waals surface area contributed by atoms with E-state index in [1.807, 2.05) is 13.0 Å². The number of nitrogens with one attached hydrogen (secondary N) is 1. The summed E-state index contributed by atoms with van der Waals surface area (Å²) in [5, 5.41) is 9.31. The quantitative estimate of drug-likeness (QED) is 0.774. The largest absolute Gasteiger partial charge is 0.370 e. The van der Waals surface area contributed by atoms with E-state index in [-0.39, 0.29) is 5.41 Å². The first-order chi connectivity index (χ1) is 8.47. The van der Waals surface area contributed by atoms with Crippen molar-refractivity contribution in [1.82, 2.24) is 14.8 Å². The predicted octanol–water partition coefficient (Wildman–Crippen LogP) is 3.14. The molecule has 1 N–H and O–H groups in total. The van der Waals surface area contributed by atoms with E-state index in [1.54, 1.807) is 0 Å². The summed E-state index contributed by atoms with van der Waals surface area (Å²) in [5.74, 6) is 1.13. The van der Waals surface area contributed by atoms with Crippen LogP contribution < -0.4 is 5.32 Å². The number of hydrogen-bond acceptors (Lipinski definition) is 3. The molecular formula is C14H20N4. The summed E-state index contributed by atoms with van der Waals surface area (Å²) in [6.07, 6.45) is 1.11. The fourth-order valence-corrected chi connectivity index (χ4v) is 2.73. The third-order valence-electron chi connectivity index (χ3n) is 3.71. The Morgan fingerprint density at radius 3 is 2.83 bits per heavy atom. The average Bonchev–Trinajstić information content (AvgIpc) is 2.64. The summed E-state index contributed by atoms with van der Waals surface area (Å²) in [4.78, 5) is 4.53. The van der Waals surface area contributed by atoms with Crippen LogP contribution in [0.15, 0.2) is 12.1 Å². The van der Waals surface area contributed by atoms with Crippen molar-refractivity contribution in [3.63, 3.8) is 0 Å². The van der Waals surface area contributed by atoms with Crippen LogP contribution in [-0.4, -0.2) is 21.3 Å². The molecule has 0 bridgehead atoms. The molecule has 96 valence electrons. The standard InChI is InChI=1S/C14H20N4/c1-9-5-6-10-12(16-9)17-18-11(14(2,3)4)7-8-15-13(10)18/h5-6,11,15H,7-8H2,1-4H3. The number of nitrogens with zero attached hydrogens (tertiary/aromatic N) is 3. The van der Waals surface area contributed by atoms with E-state index < -0.39 is 0 Å². The minimum absolute atomic E-state index is 0.216. The van der Waals surface area contributed by atoms with Gasteiger partial charge < -0.3 is 5.32 Å². The molecule has 0 saturated heterocycles. The predicted molar refractivity (Wildman–Crippen MR) is 73.9 cm³/mol. The van der Waals surface area contributed by atoms with Crippen LogP contribution in [0.25, 0.3) is 11.0 Å². The topological polar surface area (TPSA) is 42.7 Å². The number of rotatable bonds is 0. The third kappa shape index (κ3) is 1.67. The lowest BCUT2D eigenvalue weighted by Crippen LogP contribution is -2.32. The SMILES string of the molecule is Cc1ccc2c3n(nc2n1)C(C(C)(C)C)CCN3. The molecule has 0 amide bonds. The highest BCUT2D eigenvalue weighted by molar-refractivity contribution is 5.87. The average molecular weight is 244 g/mol. The van der Waals surface area contributed by atoms with Crippen molar-refractivity contribution in [3.8, 4) is 0 Å². The van der Waals surface area contributed by atoms with Crippen LogP contribution in [0.3, 0.4) is 0 Å². The van der Waals surface area contributed by atoms with Crippen molar-refractivity contribution in [2.75, 3.05) is 11.9 Å². The molecule has 0 spiro atoms. The molecule has 1 aliphatic heterocycles. The Labute approximate surface area is 107 Å². The molecule has 0 saturated carbocycles. The molecular weight excluding hydrogens is 224 g/mol. The first-order valence-electron chi connectivity index (χ1n) is 6.56. The third-order valence-corrected chi connectivity index (χ3v) is 3.71. The molecule has 2 aromatic heterocycles. The van der Waals surface area contributed by atoms with Gasteiger partial charge in [0.25, 0.3) is 0 Å². The fraction of sp³-hybridized carbons (Fsp3) is 0.571. The van der Waals surface area contributed by atoms with Gasteiger partial charge in [0.2, 0.25) is 0 Å². The highest BCUT2D eigenvalue weighted by Gasteiger charge is 2.32. The Kier molecular flexibility index (Phi) is 2.37. The maximum atomic E-state index is 4.71. The van der Waals surface area contributed by atoms with Gasteiger partial charge in [0, 0.05) is 12.2 Å². The van der Waals surface area contributed by atoms with Crippen molar-refractivity contribution in [2.24, 2.45) is 5.41 Å². The molecule has 1 aliphatic rings. The Bertz CT molecular complexity index is 592. The van der Waals surface area contributed by atoms with Crippen molar-refractivity contribution < 1.29 is 0 Å². The van der Waals surface area contributed by atoms with Crippen molar-refractivity contribution in [3.05, 3.63) is 17.8 Å². The lowest BCUT2D eigenvalue weighted by atomic mass is 9.84. The lowest BCUT2D eigenvalue weighted by molar-refractivity contribution is 0.211. The second kappa shape index (κ2) is 3.70. The van der Waals surface area contributed by atoms with Gasteiger partial charge in [0.05, 0.1) is 11.4 Å². The summed E-state index contributed by atoms with van der Waals surface area (Å²) in [6.45, 7) is 9.84. The van der Waals surface area contributed by atoms with E-state index in [1.165, 1.54) is 0 Å². The van der Waals surface area contributed by atoms with E-state index >= 15 is 0 Å². The van der Waals surface area contributed by atoms with Crippen molar-refractivity contribution in [2.45, 2.75) is 40.2 Å². The summed E-state index contributed by atoms with van der Waals surface area (Å²) in [5.41, 5.74) is 2.09. The molecule has 0 fully saturated rings. The van der Waals surface area contributed by atoms with E-state index in [2.05, 4.69) is 41.8 Å². The Hall–Kier alpha value is -1.58. The second-order valence-electron chi connectivity index (χ2n) is 6.21. The molecule has 0 aromatic carbocycles. The van der Waals surface area contributed by atoms with Crippen molar-refractivity contribution in [1.29, 1.82) is 0 Å². The molecule has 18 heavy (non-hydrogen) atoms. The minimum Gasteiger partial charge on any atom is -0.370 e. The van der Waals surface area contributed by atoms with Crippen molar-refractivity contribution >= 4 is 16.9 Å². The first-order valence-corrected chi connectivity index (χ1v) is 6.56. The van der Waals surface area contributed by atoms with Crippen LogP contribution in [0, 0.1) is 12.3 Å². The van der Waals surface area contributed by atoms with Gasteiger partial charge in [0.15, 0.2) is 5.65 Å². The zero-order chi connectivity index (χ0) is 12.9. The molecule has 0 radical (unpaired) electrons. The van der Waals surface area contributed by atoms with Gasteiger partial charge in [0.1, 0.15) is 5.82 Å². The van der Waals surface area contributed by atoms with Gasteiger partial charge in [-0.15, -0.1) is 0 Å². The van der Waals surface area contributed by atoms with Gasteiger partial charge in [-0.05, 0) is 30.9 Å². The van der Waals surface area contributed by atoms with Gasteiger partial charge >= 0.3 is 0 Å². The number of aromatic nitrogens is 3. The van der Waals surface area contributed by atoms with Crippen LogP contribution in [-0.2, 0) is 0 Å². The van der Waals surface area contributed by atoms with Crippen LogP contribution in [0.1, 0.15) is 38.9 Å². The van der Waals surface area contributed by atoms with Crippen LogP contribution in [0.5, 0.6) is 0 Å². The first kappa shape index (κ1) is 11.5. The Morgan fingerprint density at radius 2 is 2.11 bits per heavy atom. The summed E-state index contributed by atoms with van der Waals surface area (Å²) in [7, 11) is 0. The van der Waals surface area contributed by atoms with Gasteiger partial charge in [-0.2, -0.15) is 5.10 Å². The molecule has 3 heterocycles. The van der Waals surface area contributed by atoms with Gasteiger partial charge in [-0.25, -0.2) is 9.67 Å². The summed E-state index contributed by atoms with van der Waals surface area (Å²) in [6, 6.07) is 4.60. The highest BCUT2D eigenvalue weighted by Crippen LogP contribution is 2.39.